The summed E-state index contributed by atoms with van der Waals surface area (Å²) in [5.41, 5.74) is 3.49. The highest BCUT2D eigenvalue weighted by Gasteiger charge is 2.41. The molecule has 0 saturated heterocycles. The molecule has 2 heterocycles. The Labute approximate surface area is 115 Å². The summed E-state index contributed by atoms with van der Waals surface area (Å²) in [4.78, 5) is 14.2. The minimum Gasteiger partial charge on any atom is -0.349 e. The number of carbonyl (C=O) groups excluding carboxylic acids is 1. The average Bonchev–Trinajstić information content (AvgIpc) is 2.72. The number of halogens is 1. The van der Waals surface area contributed by atoms with Gasteiger partial charge in [0, 0.05) is 21.7 Å². The quantitative estimate of drug-likeness (QED) is 0.734. The van der Waals surface area contributed by atoms with E-state index in [1.165, 1.54) is 0 Å². The van der Waals surface area contributed by atoms with Gasteiger partial charge in [-0.1, -0.05) is 35.9 Å². The second-order valence-electron chi connectivity index (χ2n) is 4.70. The van der Waals surface area contributed by atoms with Crippen molar-refractivity contribution in [1.82, 2.24) is 0 Å². The number of nitrogens with zero attached hydrogens (tertiary/aromatic N) is 1. The number of hydrogen-bond donors (Lipinski definition) is 0. The molecule has 0 radical (unpaired) electrons. The molecule has 2 aliphatic rings. The lowest BCUT2D eigenvalue weighted by atomic mass is 10.1. The Morgan fingerprint density at radius 2 is 2.05 bits per heavy atom. The topological polar surface area (TPSA) is 29.5 Å². The molecule has 0 unspecified atom stereocenters. The van der Waals surface area contributed by atoms with Gasteiger partial charge in [0.25, 0.3) is 5.91 Å². The first-order valence-corrected chi connectivity index (χ1v) is 6.46. The van der Waals surface area contributed by atoms with Crippen molar-refractivity contribution in [3.05, 3.63) is 64.2 Å². The average molecular weight is 272 g/mol. The lowest BCUT2D eigenvalue weighted by Crippen LogP contribution is -2.33. The van der Waals surface area contributed by atoms with Gasteiger partial charge in [-0.25, -0.2) is 0 Å². The van der Waals surface area contributed by atoms with Gasteiger partial charge in [-0.05, 0) is 18.2 Å². The lowest BCUT2D eigenvalue weighted by Gasteiger charge is -2.32. The third kappa shape index (κ3) is 1.46. The highest BCUT2D eigenvalue weighted by molar-refractivity contribution is 6.31. The maximum Gasteiger partial charge on any atom is 0.261 e. The third-order valence-electron chi connectivity index (χ3n) is 3.61. The Hall–Kier alpha value is -1.84. The van der Waals surface area contributed by atoms with Crippen molar-refractivity contribution in [3.8, 4) is 0 Å². The van der Waals surface area contributed by atoms with Crippen LogP contribution in [0, 0.1) is 0 Å². The Morgan fingerprint density at radius 1 is 1.21 bits per heavy atom. The van der Waals surface area contributed by atoms with E-state index in [2.05, 4.69) is 0 Å². The number of ether oxygens (including phenoxy) is 1. The predicted octanol–water partition coefficient (Wildman–Crippen LogP) is 3.53. The van der Waals surface area contributed by atoms with Gasteiger partial charge < -0.3 is 4.74 Å². The molecule has 94 valence electrons. The Morgan fingerprint density at radius 3 is 2.95 bits per heavy atom. The van der Waals surface area contributed by atoms with Crippen LogP contribution in [0.25, 0.3) is 0 Å². The van der Waals surface area contributed by atoms with Gasteiger partial charge in [0.2, 0.25) is 0 Å². The molecule has 0 aliphatic carbocycles. The van der Waals surface area contributed by atoms with Crippen molar-refractivity contribution in [2.45, 2.75) is 12.8 Å². The molecule has 19 heavy (non-hydrogen) atoms. The van der Waals surface area contributed by atoms with Crippen LogP contribution < -0.4 is 4.90 Å². The summed E-state index contributed by atoms with van der Waals surface area (Å²) in [6.45, 7) is 0.521. The van der Waals surface area contributed by atoms with Crippen molar-refractivity contribution in [2.75, 3.05) is 4.90 Å². The summed E-state index contributed by atoms with van der Waals surface area (Å²) in [6, 6.07) is 13.2. The molecule has 0 fully saturated rings. The predicted molar refractivity (Wildman–Crippen MR) is 72.2 cm³/mol. The number of rotatable bonds is 0. The maximum atomic E-state index is 12.5. The first kappa shape index (κ1) is 11.0. The van der Waals surface area contributed by atoms with Crippen LogP contribution >= 0.6 is 11.6 Å². The van der Waals surface area contributed by atoms with E-state index in [1.54, 1.807) is 17.0 Å². The molecule has 1 atom stereocenters. The van der Waals surface area contributed by atoms with Gasteiger partial charge in [-0.15, -0.1) is 0 Å². The fourth-order valence-corrected chi connectivity index (χ4v) is 2.91. The van der Waals surface area contributed by atoms with Gasteiger partial charge in [-0.2, -0.15) is 0 Å². The van der Waals surface area contributed by atoms with Crippen LogP contribution in [0.1, 0.15) is 27.7 Å². The summed E-state index contributed by atoms with van der Waals surface area (Å²) in [7, 11) is 0. The van der Waals surface area contributed by atoms with Gasteiger partial charge in [0.1, 0.15) is 0 Å². The largest absolute Gasteiger partial charge is 0.349 e. The number of carbonyl (C=O) groups is 1. The first-order valence-electron chi connectivity index (χ1n) is 6.08. The molecular weight excluding hydrogens is 262 g/mol. The first-order chi connectivity index (χ1) is 9.25. The van der Waals surface area contributed by atoms with Crippen molar-refractivity contribution in [1.29, 1.82) is 0 Å². The minimum atomic E-state index is -0.324. The van der Waals surface area contributed by atoms with Gasteiger partial charge in [0.05, 0.1) is 12.3 Å². The molecular formula is C15H10ClNO2. The third-order valence-corrected chi connectivity index (χ3v) is 3.85. The zero-order valence-corrected chi connectivity index (χ0v) is 10.7. The Kier molecular flexibility index (Phi) is 2.22. The van der Waals surface area contributed by atoms with Gasteiger partial charge >= 0.3 is 0 Å². The summed E-state index contributed by atoms with van der Waals surface area (Å²) in [6.07, 6.45) is -0.324. The van der Waals surface area contributed by atoms with Gasteiger partial charge in [-0.3, -0.25) is 9.69 Å². The van der Waals surface area contributed by atoms with Crippen LogP contribution in [0.3, 0.4) is 0 Å². The van der Waals surface area contributed by atoms with E-state index < -0.39 is 0 Å². The lowest BCUT2D eigenvalue weighted by molar-refractivity contribution is 0.0319. The molecule has 4 heteroatoms. The van der Waals surface area contributed by atoms with Crippen LogP contribution in [0.2, 0.25) is 5.02 Å². The molecule has 4 rings (SSSR count). The van der Waals surface area contributed by atoms with Crippen molar-refractivity contribution >= 4 is 23.2 Å². The highest BCUT2D eigenvalue weighted by Crippen LogP contribution is 2.43. The number of benzene rings is 2. The SMILES string of the molecule is O=C1c2cc(Cl)ccc2[C@H]2OCc3ccccc3N12. The van der Waals surface area contributed by atoms with Gasteiger partial charge in [0.15, 0.2) is 6.23 Å². The van der Waals surface area contributed by atoms with Crippen LogP contribution in [0.4, 0.5) is 5.69 Å². The molecule has 0 aromatic heterocycles. The summed E-state index contributed by atoms with van der Waals surface area (Å²) in [5.74, 6) is -0.0466. The fraction of sp³-hybridized carbons (Fsp3) is 0.133. The standard InChI is InChI=1S/C15H10ClNO2/c16-10-5-6-11-12(7-10)14(18)17-13-4-2-1-3-9(13)8-19-15(11)17/h1-7,15H,8H2/t15-/m1/s1. The van der Waals surface area contributed by atoms with E-state index in [1.807, 2.05) is 30.3 Å². The highest BCUT2D eigenvalue weighted by atomic mass is 35.5. The zero-order valence-electron chi connectivity index (χ0n) is 9.97. The monoisotopic (exact) mass is 271 g/mol. The number of para-hydroxylation sites is 1. The molecule has 0 saturated carbocycles. The molecule has 0 bridgehead atoms. The van der Waals surface area contributed by atoms with E-state index in [0.717, 1.165) is 16.8 Å². The van der Waals surface area contributed by atoms with E-state index in [-0.39, 0.29) is 12.1 Å². The molecule has 3 nitrogen and oxygen atoms in total. The number of fused-ring (bicyclic) bond motifs is 5. The molecule has 1 amide bonds. The summed E-state index contributed by atoms with van der Waals surface area (Å²) in [5, 5.41) is 0.570. The fourth-order valence-electron chi connectivity index (χ4n) is 2.74. The van der Waals surface area contributed by atoms with Crippen LogP contribution in [-0.2, 0) is 11.3 Å². The zero-order chi connectivity index (χ0) is 13.0. The normalized spacial score (nSPS) is 19.9. The van der Waals surface area contributed by atoms with E-state index in [0.29, 0.717) is 17.2 Å². The van der Waals surface area contributed by atoms with E-state index in [9.17, 15) is 4.79 Å². The molecule has 2 aromatic carbocycles. The molecule has 0 spiro atoms. The number of hydrogen-bond acceptors (Lipinski definition) is 2. The number of anilines is 1. The summed E-state index contributed by atoms with van der Waals surface area (Å²) >= 11 is 5.97. The molecule has 0 N–H and O–H groups in total. The smallest absolute Gasteiger partial charge is 0.261 e. The van der Waals surface area contributed by atoms with E-state index in [4.69, 9.17) is 16.3 Å². The maximum absolute atomic E-state index is 12.5. The van der Waals surface area contributed by atoms with Crippen molar-refractivity contribution < 1.29 is 9.53 Å². The van der Waals surface area contributed by atoms with Crippen LogP contribution in [-0.4, -0.2) is 5.91 Å². The Balaban J connectivity index is 1.91. The van der Waals surface area contributed by atoms with Crippen molar-refractivity contribution in [3.63, 3.8) is 0 Å². The summed E-state index contributed by atoms with van der Waals surface area (Å²) < 4.78 is 5.83. The minimum absolute atomic E-state index is 0.0466. The second kappa shape index (κ2) is 3.83. The van der Waals surface area contributed by atoms with Crippen LogP contribution in [0.5, 0.6) is 0 Å². The van der Waals surface area contributed by atoms with Crippen molar-refractivity contribution in [2.24, 2.45) is 0 Å². The molecule has 2 aromatic rings. The van der Waals surface area contributed by atoms with E-state index >= 15 is 0 Å². The molecule has 2 aliphatic heterocycles. The number of amides is 1. The second-order valence-corrected chi connectivity index (χ2v) is 5.14. The Bertz CT molecular complexity index is 698. The van der Waals surface area contributed by atoms with Crippen LogP contribution in [0.15, 0.2) is 42.5 Å².